The summed E-state index contributed by atoms with van der Waals surface area (Å²) in [4.78, 5) is 29.8. The number of hydrogen-bond donors (Lipinski definition) is 0. The van der Waals surface area contributed by atoms with Crippen LogP contribution in [0, 0.1) is 5.92 Å². The number of allylic oxidation sites excluding steroid dienone is 1. The zero-order chi connectivity index (χ0) is 19.3. The van der Waals surface area contributed by atoms with Gasteiger partial charge in [0.15, 0.2) is 0 Å². The van der Waals surface area contributed by atoms with E-state index >= 15 is 0 Å². The first kappa shape index (κ1) is 19.7. The predicted octanol–water partition coefficient (Wildman–Crippen LogP) is 3.27. The zero-order valence-electron chi connectivity index (χ0n) is 15.9. The molecule has 0 bridgehead atoms. The Balaban J connectivity index is 2.68. The highest BCUT2D eigenvalue weighted by molar-refractivity contribution is 6.07. The number of para-hydroxylation sites is 1. The minimum absolute atomic E-state index is 0.237. The molecule has 140 valence electrons. The maximum Gasteiger partial charge on any atom is 0.336 e. The molecule has 6 nitrogen and oxygen atoms in total. The van der Waals surface area contributed by atoms with Crippen LogP contribution in [0.3, 0.4) is 0 Å². The Bertz CT molecular complexity index is 750. The third-order valence-electron chi connectivity index (χ3n) is 4.34. The summed E-state index contributed by atoms with van der Waals surface area (Å²) in [6.45, 7) is 7.50. The van der Waals surface area contributed by atoms with Gasteiger partial charge in [0.05, 0.1) is 25.9 Å². The third-order valence-corrected chi connectivity index (χ3v) is 4.34. The molecule has 6 heteroatoms. The van der Waals surface area contributed by atoms with E-state index in [1.165, 1.54) is 0 Å². The molecular formula is C20H25NO5. The van der Waals surface area contributed by atoms with Crippen molar-refractivity contribution in [3.05, 3.63) is 41.1 Å². The van der Waals surface area contributed by atoms with Gasteiger partial charge in [-0.25, -0.2) is 4.79 Å². The van der Waals surface area contributed by atoms with Crippen molar-refractivity contribution >= 4 is 17.7 Å². The van der Waals surface area contributed by atoms with Gasteiger partial charge in [-0.05, 0) is 33.8 Å². The highest BCUT2D eigenvalue weighted by Gasteiger charge is 2.43. The summed E-state index contributed by atoms with van der Waals surface area (Å²) < 4.78 is 16.0. The summed E-state index contributed by atoms with van der Waals surface area (Å²) >= 11 is 0. The SMILES string of the molecule is CCOC(=O)C1=C(C)N=C(C)C(C(=O)OCC)C1c1ccccc1OC. The molecule has 2 atom stereocenters. The molecule has 0 spiro atoms. The molecule has 1 aromatic rings. The van der Waals surface area contributed by atoms with Crippen LogP contribution in [-0.4, -0.2) is 38.0 Å². The van der Waals surface area contributed by atoms with Gasteiger partial charge < -0.3 is 14.2 Å². The van der Waals surface area contributed by atoms with E-state index in [9.17, 15) is 9.59 Å². The fraction of sp³-hybridized carbons (Fsp3) is 0.450. The Labute approximate surface area is 153 Å². The first-order valence-corrected chi connectivity index (χ1v) is 8.68. The van der Waals surface area contributed by atoms with Crippen LogP contribution in [-0.2, 0) is 19.1 Å². The predicted molar refractivity (Wildman–Crippen MR) is 98.3 cm³/mol. The van der Waals surface area contributed by atoms with Crippen LogP contribution in [0.15, 0.2) is 40.5 Å². The molecule has 1 aliphatic rings. The standard InChI is InChI=1S/C20H25NO5/c1-6-25-19(22)16-12(3)21-13(4)17(20(23)26-7-2)18(16)14-10-8-9-11-15(14)24-5/h8-11,16,18H,6-7H2,1-5H3. The average Bonchev–Trinajstić information content (AvgIpc) is 2.61. The van der Waals surface area contributed by atoms with Crippen molar-refractivity contribution in [2.24, 2.45) is 10.9 Å². The fourth-order valence-corrected chi connectivity index (χ4v) is 3.31. The molecule has 0 saturated heterocycles. The van der Waals surface area contributed by atoms with Crippen LogP contribution in [0.2, 0.25) is 0 Å². The largest absolute Gasteiger partial charge is 0.496 e. The first-order valence-electron chi connectivity index (χ1n) is 8.68. The smallest absolute Gasteiger partial charge is 0.336 e. The lowest BCUT2D eigenvalue weighted by Gasteiger charge is -2.32. The van der Waals surface area contributed by atoms with Crippen molar-refractivity contribution in [1.82, 2.24) is 0 Å². The van der Waals surface area contributed by atoms with E-state index in [2.05, 4.69) is 4.99 Å². The summed E-state index contributed by atoms with van der Waals surface area (Å²) in [6, 6.07) is 7.34. The Kier molecular flexibility index (Phi) is 6.55. The molecule has 2 rings (SSSR count). The number of benzene rings is 1. The van der Waals surface area contributed by atoms with Gasteiger partial charge in [-0.1, -0.05) is 18.2 Å². The fourth-order valence-electron chi connectivity index (χ4n) is 3.31. The Morgan fingerprint density at radius 1 is 1.08 bits per heavy atom. The van der Waals surface area contributed by atoms with Crippen molar-refractivity contribution in [2.45, 2.75) is 33.6 Å². The minimum atomic E-state index is -0.714. The van der Waals surface area contributed by atoms with Crippen molar-refractivity contribution in [3.63, 3.8) is 0 Å². The van der Waals surface area contributed by atoms with Gasteiger partial charge in [0, 0.05) is 22.9 Å². The topological polar surface area (TPSA) is 74.2 Å². The number of carbonyl (C=O) groups is 2. The lowest BCUT2D eigenvalue weighted by atomic mass is 9.75. The van der Waals surface area contributed by atoms with Gasteiger partial charge in [0.25, 0.3) is 0 Å². The molecule has 0 radical (unpaired) electrons. The normalized spacial score (nSPS) is 19.7. The quantitative estimate of drug-likeness (QED) is 0.729. The van der Waals surface area contributed by atoms with Gasteiger partial charge in [0.1, 0.15) is 11.7 Å². The van der Waals surface area contributed by atoms with Crippen molar-refractivity contribution in [2.75, 3.05) is 20.3 Å². The summed E-state index contributed by atoms with van der Waals surface area (Å²) in [5, 5.41) is 0. The highest BCUT2D eigenvalue weighted by atomic mass is 16.5. The highest BCUT2D eigenvalue weighted by Crippen LogP contribution is 2.43. The molecule has 1 heterocycles. The van der Waals surface area contributed by atoms with E-state index in [4.69, 9.17) is 14.2 Å². The van der Waals surface area contributed by atoms with Gasteiger partial charge in [-0.2, -0.15) is 0 Å². The molecule has 1 aliphatic heterocycles. The Hall–Kier alpha value is -2.63. The van der Waals surface area contributed by atoms with Crippen molar-refractivity contribution in [1.29, 1.82) is 0 Å². The molecule has 2 unspecified atom stereocenters. The van der Waals surface area contributed by atoms with Crippen molar-refractivity contribution in [3.8, 4) is 5.75 Å². The number of aliphatic imine (C=N–C) groups is 1. The second kappa shape index (κ2) is 8.65. The maximum absolute atomic E-state index is 12.7. The van der Waals surface area contributed by atoms with Crippen LogP contribution in [0.25, 0.3) is 0 Å². The second-order valence-corrected chi connectivity index (χ2v) is 5.92. The molecule has 0 aromatic heterocycles. The molecule has 26 heavy (non-hydrogen) atoms. The number of esters is 2. The summed E-state index contributed by atoms with van der Waals surface area (Å²) in [7, 11) is 1.56. The number of hydrogen-bond acceptors (Lipinski definition) is 6. The third kappa shape index (κ3) is 3.79. The molecule has 0 amide bonds. The van der Waals surface area contributed by atoms with Crippen LogP contribution >= 0.6 is 0 Å². The van der Waals surface area contributed by atoms with Crippen LogP contribution < -0.4 is 4.74 Å². The van der Waals surface area contributed by atoms with Gasteiger partial charge in [-0.3, -0.25) is 9.79 Å². The van der Waals surface area contributed by atoms with E-state index < -0.39 is 23.8 Å². The molecule has 0 N–H and O–H groups in total. The summed E-state index contributed by atoms with van der Waals surface area (Å²) in [5.41, 5.74) is 2.23. The number of carbonyl (C=O) groups excluding carboxylic acids is 2. The van der Waals surface area contributed by atoms with Gasteiger partial charge in [-0.15, -0.1) is 0 Å². The Morgan fingerprint density at radius 2 is 1.73 bits per heavy atom. The number of ether oxygens (including phenoxy) is 3. The van der Waals surface area contributed by atoms with Crippen LogP contribution in [0.5, 0.6) is 5.75 Å². The summed E-state index contributed by atoms with van der Waals surface area (Å²) in [5.74, 6) is -1.60. The van der Waals surface area contributed by atoms with Crippen LogP contribution in [0.1, 0.15) is 39.2 Å². The molecule has 0 aliphatic carbocycles. The van der Waals surface area contributed by atoms with Gasteiger partial charge >= 0.3 is 11.9 Å². The van der Waals surface area contributed by atoms with E-state index in [0.29, 0.717) is 22.7 Å². The molecule has 0 fully saturated rings. The molecule has 0 saturated carbocycles. The lowest BCUT2D eigenvalue weighted by molar-refractivity contribution is -0.146. The lowest BCUT2D eigenvalue weighted by Crippen LogP contribution is -2.36. The molecule has 1 aromatic carbocycles. The molecular weight excluding hydrogens is 334 g/mol. The van der Waals surface area contributed by atoms with Gasteiger partial charge in [0.2, 0.25) is 0 Å². The van der Waals surface area contributed by atoms with E-state index in [1.807, 2.05) is 18.2 Å². The second-order valence-electron chi connectivity index (χ2n) is 5.92. The average molecular weight is 359 g/mol. The number of nitrogens with zero attached hydrogens (tertiary/aromatic N) is 1. The van der Waals surface area contributed by atoms with Crippen molar-refractivity contribution < 1.29 is 23.8 Å². The first-order chi connectivity index (χ1) is 12.5. The minimum Gasteiger partial charge on any atom is -0.496 e. The Morgan fingerprint density at radius 3 is 2.35 bits per heavy atom. The van der Waals surface area contributed by atoms with E-state index in [-0.39, 0.29) is 13.2 Å². The van der Waals surface area contributed by atoms with E-state index in [1.54, 1.807) is 40.9 Å². The number of methoxy groups -OCH3 is 1. The van der Waals surface area contributed by atoms with E-state index in [0.717, 1.165) is 5.56 Å². The maximum atomic E-state index is 12.7. The monoisotopic (exact) mass is 359 g/mol. The summed E-state index contributed by atoms with van der Waals surface area (Å²) in [6.07, 6.45) is 0. The zero-order valence-corrected chi connectivity index (χ0v) is 15.9. The number of rotatable bonds is 6. The van der Waals surface area contributed by atoms with Crippen LogP contribution in [0.4, 0.5) is 0 Å².